The van der Waals surface area contributed by atoms with Crippen molar-refractivity contribution in [2.75, 3.05) is 31.1 Å². The number of oxazole rings is 1. The molecule has 174 valence electrons. The lowest BCUT2D eigenvalue weighted by atomic mass is 10.1. The molecule has 7 nitrogen and oxygen atoms in total. The zero-order chi connectivity index (χ0) is 23.6. The molecule has 1 fully saturated rings. The van der Waals surface area contributed by atoms with Gasteiger partial charge in [0.1, 0.15) is 0 Å². The van der Waals surface area contributed by atoms with Gasteiger partial charge in [0.15, 0.2) is 0 Å². The van der Waals surface area contributed by atoms with Crippen molar-refractivity contribution in [3.63, 3.8) is 0 Å². The van der Waals surface area contributed by atoms with Gasteiger partial charge in [-0.05, 0) is 44.0 Å². The van der Waals surface area contributed by atoms with Gasteiger partial charge in [0.05, 0.1) is 4.90 Å². The van der Waals surface area contributed by atoms with Crippen LogP contribution < -0.4 is 4.90 Å². The normalized spacial score (nSPS) is 14.5. The van der Waals surface area contributed by atoms with Crippen molar-refractivity contribution in [1.82, 2.24) is 9.88 Å². The van der Waals surface area contributed by atoms with Gasteiger partial charge in [-0.3, -0.25) is 4.79 Å². The summed E-state index contributed by atoms with van der Waals surface area (Å²) in [6, 6.07) is 14.3. The van der Waals surface area contributed by atoms with E-state index in [0.717, 1.165) is 23.1 Å². The first-order valence-corrected chi connectivity index (χ1v) is 12.7. The first kappa shape index (κ1) is 23.0. The first-order valence-electron chi connectivity index (χ1n) is 11.2. The van der Waals surface area contributed by atoms with E-state index in [0.29, 0.717) is 32.6 Å². The van der Waals surface area contributed by atoms with Crippen LogP contribution in [0.2, 0.25) is 0 Å². The third-order valence-electron chi connectivity index (χ3n) is 5.92. The molecule has 0 atom stereocenters. The topological polar surface area (TPSA) is 83.7 Å². The number of nitrogens with zero attached hydrogens (tertiary/aromatic N) is 3. The summed E-state index contributed by atoms with van der Waals surface area (Å²) in [5, 5.41) is -0.0852. The van der Waals surface area contributed by atoms with Crippen molar-refractivity contribution in [1.29, 1.82) is 0 Å². The second kappa shape index (κ2) is 9.39. The Labute approximate surface area is 195 Å². The molecule has 0 radical (unpaired) electrons. The van der Waals surface area contributed by atoms with Gasteiger partial charge in [-0.1, -0.05) is 42.8 Å². The quantitative estimate of drug-likeness (QED) is 0.539. The van der Waals surface area contributed by atoms with Crippen LogP contribution in [0, 0.1) is 13.8 Å². The van der Waals surface area contributed by atoms with Crippen LogP contribution in [0.25, 0.3) is 11.5 Å². The summed E-state index contributed by atoms with van der Waals surface area (Å²) in [7, 11) is -3.90. The van der Waals surface area contributed by atoms with E-state index in [2.05, 4.69) is 4.98 Å². The molecule has 33 heavy (non-hydrogen) atoms. The molecule has 0 bridgehead atoms. The van der Waals surface area contributed by atoms with Gasteiger partial charge in [-0.2, -0.15) is 4.98 Å². The highest BCUT2D eigenvalue weighted by Crippen LogP contribution is 2.36. The monoisotopic (exact) mass is 467 g/mol. The smallest absolute Gasteiger partial charge is 0.236 e. The van der Waals surface area contributed by atoms with Crippen LogP contribution >= 0.6 is 0 Å². The number of carbonyl (C=O) groups is 1. The Morgan fingerprint density at radius 1 is 1.00 bits per heavy atom. The van der Waals surface area contributed by atoms with E-state index in [9.17, 15) is 13.2 Å². The van der Waals surface area contributed by atoms with Crippen LogP contribution in [0.3, 0.4) is 0 Å². The van der Waals surface area contributed by atoms with Gasteiger partial charge in [0.25, 0.3) is 0 Å². The number of hydrogen-bond donors (Lipinski definition) is 0. The van der Waals surface area contributed by atoms with Crippen LogP contribution in [-0.4, -0.2) is 50.4 Å². The molecule has 1 aliphatic heterocycles. The van der Waals surface area contributed by atoms with E-state index in [1.54, 1.807) is 24.3 Å². The summed E-state index contributed by atoms with van der Waals surface area (Å²) >= 11 is 0. The highest BCUT2D eigenvalue weighted by Gasteiger charge is 2.33. The van der Waals surface area contributed by atoms with Crippen molar-refractivity contribution >= 4 is 21.6 Å². The number of rotatable bonds is 6. The largest absolute Gasteiger partial charge is 0.419 e. The Kier molecular flexibility index (Phi) is 6.56. The van der Waals surface area contributed by atoms with Crippen LogP contribution in [0.15, 0.2) is 62.9 Å². The molecule has 8 heteroatoms. The Hall–Kier alpha value is -3.13. The second-order valence-corrected chi connectivity index (χ2v) is 10.2. The molecule has 4 rings (SSSR count). The number of aryl methyl sites for hydroxylation is 2. The van der Waals surface area contributed by atoms with E-state index in [4.69, 9.17) is 4.42 Å². The van der Waals surface area contributed by atoms with Gasteiger partial charge in [0.2, 0.25) is 32.5 Å². The van der Waals surface area contributed by atoms with Crippen molar-refractivity contribution in [2.24, 2.45) is 0 Å². The van der Waals surface area contributed by atoms with Crippen LogP contribution in [-0.2, 0) is 14.6 Å². The molecule has 1 aliphatic rings. The molecule has 1 amide bonds. The van der Waals surface area contributed by atoms with Crippen molar-refractivity contribution in [3.05, 3.63) is 59.7 Å². The molecule has 2 aromatic carbocycles. The number of benzene rings is 2. The van der Waals surface area contributed by atoms with Gasteiger partial charge in [0, 0.05) is 38.2 Å². The van der Waals surface area contributed by atoms with Gasteiger partial charge in [-0.15, -0.1) is 0 Å². The van der Waals surface area contributed by atoms with Gasteiger partial charge in [-0.25, -0.2) is 8.42 Å². The minimum atomic E-state index is -3.90. The standard InChI is InChI=1S/C25H29N3O4S/c1-4-7-22(29)27-14-16-28(17-15-27)25-24(33(30,31)20-12-10-18(2)11-13-20)26-23(32-25)21-9-6-5-8-19(21)3/h5-6,8-13H,4,7,14-17H2,1-3H3. The summed E-state index contributed by atoms with van der Waals surface area (Å²) < 4.78 is 33.3. The number of aromatic nitrogens is 1. The van der Waals surface area contributed by atoms with Crippen molar-refractivity contribution < 1.29 is 17.6 Å². The zero-order valence-electron chi connectivity index (χ0n) is 19.2. The Balaban J connectivity index is 1.74. The maximum Gasteiger partial charge on any atom is 0.236 e. The fraction of sp³-hybridized carbons (Fsp3) is 0.360. The summed E-state index contributed by atoms with van der Waals surface area (Å²) in [4.78, 5) is 20.7. The van der Waals surface area contributed by atoms with Gasteiger partial charge >= 0.3 is 0 Å². The summed E-state index contributed by atoms with van der Waals surface area (Å²) in [5.74, 6) is 0.637. The molecular weight excluding hydrogens is 438 g/mol. The molecule has 0 unspecified atom stereocenters. The van der Waals surface area contributed by atoms with Crippen LogP contribution in [0.5, 0.6) is 0 Å². The Morgan fingerprint density at radius 2 is 1.67 bits per heavy atom. The lowest BCUT2D eigenvalue weighted by Gasteiger charge is -2.34. The average molecular weight is 468 g/mol. The van der Waals surface area contributed by atoms with E-state index < -0.39 is 9.84 Å². The summed E-state index contributed by atoms with van der Waals surface area (Å²) in [5.41, 5.74) is 2.67. The lowest BCUT2D eigenvalue weighted by Crippen LogP contribution is -2.48. The van der Waals surface area contributed by atoms with E-state index in [1.807, 2.05) is 54.8 Å². The third-order valence-corrected chi connectivity index (χ3v) is 7.59. The molecule has 0 aliphatic carbocycles. The third kappa shape index (κ3) is 4.66. The van der Waals surface area contributed by atoms with Crippen molar-refractivity contribution in [2.45, 2.75) is 43.5 Å². The SMILES string of the molecule is CCCC(=O)N1CCN(c2oc(-c3ccccc3C)nc2S(=O)(=O)c2ccc(C)cc2)CC1. The number of amides is 1. The van der Waals surface area contributed by atoms with Crippen LogP contribution in [0.1, 0.15) is 30.9 Å². The fourth-order valence-corrected chi connectivity index (χ4v) is 5.28. The molecule has 1 saturated heterocycles. The molecule has 2 heterocycles. The van der Waals surface area contributed by atoms with E-state index in [1.165, 1.54) is 0 Å². The molecule has 3 aromatic rings. The molecular formula is C25H29N3O4S. The Morgan fingerprint density at radius 3 is 2.30 bits per heavy atom. The predicted octanol–water partition coefficient (Wildman–Crippen LogP) is 4.24. The number of hydrogen-bond acceptors (Lipinski definition) is 6. The zero-order valence-corrected chi connectivity index (χ0v) is 20.1. The number of sulfone groups is 1. The highest BCUT2D eigenvalue weighted by atomic mass is 32.2. The fourth-order valence-electron chi connectivity index (χ4n) is 3.96. The first-order chi connectivity index (χ1) is 15.8. The number of piperazine rings is 1. The lowest BCUT2D eigenvalue weighted by molar-refractivity contribution is -0.131. The molecule has 1 aromatic heterocycles. The average Bonchev–Trinajstić information content (AvgIpc) is 3.26. The minimum Gasteiger partial charge on any atom is -0.419 e. The second-order valence-electron chi connectivity index (χ2n) is 8.38. The Bertz CT molecular complexity index is 1240. The predicted molar refractivity (Wildman–Crippen MR) is 127 cm³/mol. The highest BCUT2D eigenvalue weighted by molar-refractivity contribution is 7.91. The summed E-state index contributed by atoms with van der Waals surface area (Å²) in [6.07, 6.45) is 1.33. The maximum absolute atomic E-state index is 13.6. The molecule has 0 spiro atoms. The van der Waals surface area contributed by atoms with Crippen molar-refractivity contribution in [3.8, 4) is 11.5 Å². The molecule has 0 saturated carbocycles. The van der Waals surface area contributed by atoms with Gasteiger partial charge < -0.3 is 14.2 Å². The van der Waals surface area contributed by atoms with E-state index in [-0.39, 0.29) is 27.6 Å². The minimum absolute atomic E-state index is 0.0852. The number of carbonyl (C=O) groups excluding carboxylic acids is 1. The summed E-state index contributed by atoms with van der Waals surface area (Å²) in [6.45, 7) is 7.83. The van der Waals surface area contributed by atoms with E-state index >= 15 is 0 Å². The number of anilines is 1. The maximum atomic E-state index is 13.6. The molecule has 0 N–H and O–H groups in total. The van der Waals surface area contributed by atoms with Crippen LogP contribution in [0.4, 0.5) is 5.88 Å².